The molecule has 1 amide bonds. The number of nitrogens with zero attached hydrogens (tertiary/aromatic N) is 3. The van der Waals surface area contributed by atoms with E-state index in [9.17, 15) is 4.79 Å². The number of carbonyl (C=O) groups excluding carboxylic acids is 1. The van der Waals surface area contributed by atoms with Crippen molar-refractivity contribution in [1.82, 2.24) is 9.88 Å². The molecule has 1 aromatic rings. The van der Waals surface area contributed by atoms with E-state index >= 15 is 0 Å². The predicted molar refractivity (Wildman–Crippen MR) is 66.5 cm³/mol. The van der Waals surface area contributed by atoms with Gasteiger partial charge in [0.05, 0.1) is 5.56 Å². The van der Waals surface area contributed by atoms with Crippen LogP contribution < -0.4 is 4.90 Å². The molecule has 4 nitrogen and oxygen atoms in total. The molecule has 1 aromatic heterocycles. The van der Waals surface area contributed by atoms with Crippen LogP contribution in [0.1, 0.15) is 28.8 Å². The van der Waals surface area contributed by atoms with Gasteiger partial charge in [0.15, 0.2) is 0 Å². The Hall–Kier alpha value is -1.29. The van der Waals surface area contributed by atoms with Gasteiger partial charge in [-0.15, -0.1) is 0 Å². The fourth-order valence-electron chi connectivity index (χ4n) is 2.21. The number of aromatic nitrogens is 1. The highest BCUT2D eigenvalue weighted by Gasteiger charge is 2.31. The summed E-state index contributed by atoms with van der Waals surface area (Å²) in [5.74, 6) is 0.842. The third-order valence-corrected chi connectivity index (χ3v) is 3.80. The van der Waals surface area contributed by atoms with Gasteiger partial charge in [-0.2, -0.15) is 0 Å². The van der Waals surface area contributed by atoms with Crippen LogP contribution in [0.4, 0.5) is 5.82 Å². The summed E-state index contributed by atoms with van der Waals surface area (Å²) >= 11 is 6.16. The Kier molecular flexibility index (Phi) is 2.30. The number of pyridine rings is 1. The second-order valence-corrected chi connectivity index (χ2v) is 5.16. The maximum absolute atomic E-state index is 11.9. The summed E-state index contributed by atoms with van der Waals surface area (Å²) in [5.41, 5.74) is 1.56. The Labute approximate surface area is 105 Å². The summed E-state index contributed by atoms with van der Waals surface area (Å²) in [6, 6.07) is 2.43. The average molecular weight is 252 g/mol. The Morgan fingerprint density at radius 2 is 2.24 bits per heavy atom. The van der Waals surface area contributed by atoms with Gasteiger partial charge < -0.3 is 9.80 Å². The number of rotatable bonds is 2. The van der Waals surface area contributed by atoms with Crippen molar-refractivity contribution < 1.29 is 4.79 Å². The molecular weight excluding hydrogens is 238 g/mol. The van der Waals surface area contributed by atoms with Crippen LogP contribution in [0.15, 0.2) is 6.07 Å². The minimum absolute atomic E-state index is 0.0368. The molecule has 1 fully saturated rings. The molecule has 3 rings (SSSR count). The van der Waals surface area contributed by atoms with E-state index in [1.807, 2.05) is 13.1 Å². The normalized spacial score (nSPS) is 18.5. The molecule has 0 aromatic carbocycles. The number of anilines is 1. The molecule has 0 bridgehead atoms. The summed E-state index contributed by atoms with van der Waals surface area (Å²) < 4.78 is 0. The van der Waals surface area contributed by atoms with E-state index in [1.165, 1.54) is 12.8 Å². The lowest BCUT2D eigenvalue weighted by molar-refractivity contribution is 0.0816. The maximum Gasteiger partial charge on any atom is 0.254 e. The van der Waals surface area contributed by atoms with Crippen LogP contribution in [0.3, 0.4) is 0 Å². The van der Waals surface area contributed by atoms with Crippen molar-refractivity contribution in [2.75, 3.05) is 19.0 Å². The maximum atomic E-state index is 11.9. The Bertz CT molecular complexity index is 499. The van der Waals surface area contributed by atoms with E-state index in [1.54, 1.807) is 11.9 Å². The van der Waals surface area contributed by atoms with Gasteiger partial charge in [0.25, 0.3) is 5.91 Å². The third kappa shape index (κ3) is 1.67. The Morgan fingerprint density at radius 1 is 1.53 bits per heavy atom. The molecule has 0 unspecified atom stereocenters. The lowest BCUT2D eigenvalue weighted by atomic mass is 10.2. The molecule has 0 N–H and O–H groups in total. The fraction of sp³-hybridized carbons (Fsp3) is 0.500. The van der Waals surface area contributed by atoms with Crippen LogP contribution in [-0.2, 0) is 6.54 Å². The van der Waals surface area contributed by atoms with Crippen molar-refractivity contribution in [2.45, 2.75) is 25.4 Å². The lowest BCUT2D eigenvalue weighted by Gasteiger charge is -2.18. The monoisotopic (exact) mass is 251 g/mol. The molecule has 2 heterocycles. The highest BCUT2D eigenvalue weighted by molar-refractivity contribution is 6.31. The number of fused-ring (bicyclic) bond motifs is 1. The van der Waals surface area contributed by atoms with Crippen molar-refractivity contribution >= 4 is 23.3 Å². The average Bonchev–Trinajstić information content (AvgIpc) is 3.09. The Balaban J connectivity index is 2.04. The van der Waals surface area contributed by atoms with E-state index in [0.717, 1.165) is 11.4 Å². The first-order valence-electron chi connectivity index (χ1n) is 5.75. The molecule has 1 saturated carbocycles. The first-order valence-corrected chi connectivity index (χ1v) is 6.13. The molecule has 2 aliphatic rings. The summed E-state index contributed by atoms with van der Waals surface area (Å²) in [6.45, 7) is 0.563. The van der Waals surface area contributed by atoms with E-state index in [2.05, 4.69) is 9.88 Å². The summed E-state index contributed by atoms with van der Waals surface area (Å²) in [6.07, 6.45) is 2.39. The number of carbonyl (C=O) groups is 1. The molecule has 0 spiro atoms. The minimum atomic E-state index is 0.0368. The molecular formula is C12H14ClN3O. The standard InChI is InChI=1S/C12H14ClN3O/c1-15-6-9-8(12(15)17)5-10(14-11(9)13)16(2)7-3-4-7/h5,7H,3-4,6H2,1-2H3. The zero-order valence-electron chi connectivity index (χ0n) is 9.90. The lowest BCUT2D eigenvalue weighted by Crippen LogP contribution is -2.21. The SMILES string of the molecule is CN1Cc2c(cc(N(C)C3CC3)nc2Cl)C1=O. The highest BCUT2D eigenvalue weighted by Crippen LogP contribution is 2.34. The van der Waals surface area contributed by atoms with E-state index in [0.29, 0.717) is 23.3 Å². The molecule has 0 atom stereocenters. The first kappa shape index (κ1) is 10.8. The third-order valence-electron chi connectivity index (χ3n) is 3.49. The van der Waals surface area contributed by atoms with Gasteiger partial charge in [-0.25, -0.2) is 4.98 Å². The van der Waals surface area contributed by atoms with E-state index in [-0.39, 0.29) is 5.91 Å². The second kappa shape index (κ2) is 3.60. The molecule has 0 saturated heterocycles. The number of hydrogen-bond acceptors (Lipinski definition) is 3. The smallest absolute Gasteiger partial charge is 0.254 e. The van der Waals surface area contributed by atoms with Gasteiger partial charge in [-0.3, -0.25) is 4.79 Å². The van der Waals surface area contributed by atoms with Crippen molar-refractivity contribution in [3.63, 3.8) is 0 Å². The van der Waals surface area contributed by atoms with Crippen LogP contribution >= 0.6 is 11.6 Å². The molecule has 0 radical (unpaired) electrons. The van der Waals surface area contributed by atoms with Gasteiger partial charge in [-0.05, 0) is 18.9 Å². The van der Waals surface area contributed by atoms with Crippen molar-refractivity contribution in [1.29, 1.82) is 0 Å². The van der Waals surface area contributed by atoms with Gasteiger partial charge in [0.2, 0.25) is 0 Å². The minimum Gasteiger partial charge on any atom is -0.357 e. The van der Waals surface area contributed by atoms with Crippen molar-refractivity contribution in [2.24, 2.45) is 0 Å². The Morgan fingerprint density at radius 3 is 2.88 bits per heavy atom. The largest absolute Gasteiger partial charge is 0.357 e. The van der Waals surface area contributed by atoms with Crippen molar-refractivity contribution in [3.05, 3.63) is 22.3 Å². The van der Waals surface area contributed by atoms with Crippen LogP contribution in [0.5, 0.6) is 0 Å². The number of amides is 1. The summed E-state index contributed by atoms with van der Waals surface area (Å²) in [4.78, 5) is 20.1. The zero-order chi connectivity index (χ0) is 12.2. The summed E-state index contributed by atoms with van der Waals surface area (Å²) in [5, 5.41) is 0.461. The fourth-order valence-corrected chi connectivity index (χ4v) is 2.46. The number of hydrogen-bond donors (Lipinski definition) is 0. The molecule has 90 valence electrons. The zero-order valence-corrected chi connectivity index (χ0v) is 10.7. The van der Waals surface area contributed by atoms with Crippen LogP contribution in [0.25, 0.3) is 0 Å². The van der Waals surface area contributed by atoms with Gasteiger partial charge >= 0.3 is 0 Å². The predicted octanol–water partition coefficient (Wildman–Crippen LogP) is 1.92. The van der Waals surface area contributed by atoms with Crippen LogP contribution in [0.2, 0.25) is 5.15 Å². The molecule has 5 heteroatoms. The second-order valence-electron chi connectivity index (χ2n) is 4.80. The van der Waals surface area contributed by atoms with Gasteiger partial charge in [-0.1, -0.05) is 11.6 Å². The molecule has 1 aliphatic carbocycles. The first-order chi connectivity index (χ1) is 8.08. The van der Waals surface area contributed by atoms with Crippen molar-refractivity contribution in [3.8, 4) is 0 Å². The number of halogens is 1. The highest BCUT2D eigenvalue weighted by atomic mass is 35.5. The van der Waals surface area contributed by atoms with Gasteiger partial charge in [0.1, 0.15) is 11.0 Å². The topological polar surface area (TPSA) is 36.4 Å². The molecule has 17 heavy (non-hydrogen) atoms. The van der Waals surface area contributed by atoms with E-state index in [4.69, 9.17) is 11.6 Å². The summed E-state index contributed by atoms with van der Waals surface area (Å²) in [7, 11) is 3.79. The van der Waals surface area contributed by atoms with Crippen LogP contribution in [-0.4, -0.2) is 35.9 Å². The molecule has 1 aliphatic heterocycles. The quantitative estimate of drug-likeness (QED) is 0.754. The van der Waals surface area contributed by atoms with E-state index < -0.39 is 0 Å². The van der Waals surface area contributed by atoms with Gasteiger partial charge in [0, 0.05) is 32.2 Å². The van der Waals surface area contributed by atoms with Crippen LogP contribution in [0, 0.1) is 0 Å².